The zero-order valence-corrected chi connectivity index (χ0v) is 20.2. The Balaban J connectivity index is 1.64. The van der Waals surface area contributed by atoms with E-state index in [1.807, 2.05) is 19.1 Å². The number of alkyl halides is 3. The summed E-state index contributed by atoms with van der Waals surface area (Å²) in [6.45, 7) is 4.83. The molecular weight excluding hydrogens is 457 g/mol. The lowest BCUT2D eigenvalue weighted by molar-refractivity contribution is -0.271. The molecule has 1 N–H and O–H groups in total. The highest BCUT2D eigenvalue weighted by atomic mass is 19.4. The number of amides is 2. The van der Waals surface area contributed by atoms with E-state index in [-0.39, 0.29) is 30.5 Å². The molecule has 2 aromatic rings. The highest BCUT2D eigenvalue weighted by Gasteiger charge is 2.64. The van der Waals surface area contributed by atoms with Gasteiger partial charge in [-0.1, -0.05) is 48.5 Å². The number of rotatable bonds is 4. The molecular formula is C27H31F3N2O3. The van der Waals surface area contributed by atoms with Crippen molar-refractivity contribution in [3.8, 4) is 0 Å². The molecule has 2 fully saturated rings. The minimum absolute atomic E-state index is 0.0290. The molecule has 2 aliphatic heterocycles. The van der Waals surface area contributed by atoms with E-state index in [2.05, 4.69) is 18.3 Å². The Kier molecular flexibility index (Phi) is 6.70. The fourth-order valence-electron chi connectivity index (χ4n) is 5.83. The van der Waals surface area contributed by atoms with Crippen molar-refractivity contribution in [1.82, 2.24) is 10.2 Å². The molecule has 0 bridgehead atoms. The fourth-order valence-corrected chi connectivity index (χ4v) is 5.83. The van der Waals surface area contributed by atoms with Crippen LogP contribution in [0.3, 0.4) is 0 Å². The van der Waals surface area contributed by atoms with Gasteiger partial charge in [0.05, 0.1) is 0 Å². The Morgan fingerprint density at radius 3 is 2.31 bits per heavy atom. The van der Waals surface area contributed by atoms with Gasteiger partial charge in [-0.25, -0.2) is 0 Å². The standard InChI is InChI=1S/C27H31F3N2O3/c1-18-8-7-11-21(19(18)2)22-17-31-23(33)16-25(22)12-14-32(15-13-25)24(34)26(35-3,27(28,29)30)20-9-5-4-6-10-20/h4-11,22H,12-17H2,1-3H3,(H,31,33)/t22?,26-/m1/s1. The minimum Gasteiger partial charge on any atom is -0.356 e. The monoisotopic (exact) mass is 488 g/mol. The van der Waals surface area contributed by atoms with Crippen LogP contribution in [0.5, 0.6) is 0 Å². The smallest absolute Gasteiger partial charge is 0.356 e. The van der Waals surface area contributed by atoms with E-state index < -0.39 is 23.1 Å². The largest absolute Gasteiger partial charge is 0.430 e. The van der Waals surface area contributed by atoms with E-state index in [4.69, 9.17) is 4.74 Å². The second-order valence-electron chi connectivity index (χ2n) is 9.73. The van der Waals surface area contributed by atoms with Gasteiger partial charge in [-0.3, -0.25) is 9.59 Å². The summed E-state index contributed by atoms with van der Waals surface area (Å²) < 4.78 is 48.2. The maximum absolute atomic E-state index is 14.4. The maximum Gasteiger partial charge on any atom is 0.430 e. The molecule has 1 spiro atoms. The maximum atomic E-state index is 14.4. The molecule has 1 unspecified atom stereocenters. The number of hydrogen-bond acceptors (Lipinski definition) is 3. The molecule has 5 nitrogen and oxygen atoms in total. The van der Waals surface area contributed by atoms with Crippen molar-refractivity contribution in [2.24, 2.45) is 5.41 Å². The number of piperidine rings is 2. The van der Waals surface area contributed by atoms with Crippen molar-refractivity contribution in [2.45, 2.75) is 50.8 Å². The average Bonchev–Trinajstić information content (AvgIpc) is 2.82. The van der Waals surface area contributed by atoms with Crippen LogP contribution in [0.25, 0.3) is 0 Å². The van der Waals surface area contributed by atoms with Crippen LogP contribution in [0.15, 0.2) is 48.5 Å². The lowest BCUT2D eigenvalue weighted by Gasteiger charge is -2.50. The predicted octanol–water partition coefficient (Wildman–Crippen LogP) is 4.62. The molecule has 188 valence electrons. The summed E-state index contributed by atoms with van der Waals surface area (Å²) in [7, 11) is 0.922. The Bertz CT molecular complexity index is 1090. The van der Waals surface area contributed by atoms with Crippen LogP contribution >= 0.6 is 0 Å². The summed E-state index contributed by atoms with van der Waals surface area (Å²) in [5, 5.41) is 2.97. The lowest BCUT2D eigenvalue weighted by Crippen LogP contribution is -2.60. The Morgan fingerprint density at radius 2 is 1.71 bits per heavy atom. The van der Waals surface area contributed by atoms with Crippen LogP contribution in [-0.4, -0.2) is 49.6 Å². The quantitative estimate of drug-likeness (QED) is 0.683. The second-order valence-corrected chi connectivity index (χ2v) is 9.73. The fraction of sp³-hybridized carbons (Fsp3) is 0.481. The third kappa shape index (κ3) is 4.22. The van der Waals surface area contributed by atoms with Gasteiger partial charge in [0.15, 0.2) is 0 Å². The number of nitrogens with zero attached hydrogens (tertiary/aromatic N) is 1. The third-order valence-electron chi connectivity index (χ3n) is 8.01. The first-order valence-electron chi connectivity index (χ1n) is 11.9. The Labute approximate surface area is 203 Å². The van der Waals surface area contributed by atoms with Gasteiger partial charge in [-0.15, -0.1) is 0 Å². The van der Waals surface area contributed by atoms with Gasteiger partial charge in [0.2, 0.25) is 5.91 Å². The Morgan fingerprint density at radius 1 is 1.06 bits per heavy atom. The summed E-state index contributed by atoms with van der Waals surface area (Å²) >= 11 is 0. The molecule has 2 aromatic carbocycles. The molecule has 2 saturated heterocycles. The van der Waals surface area contributed by atoms with Crippen molar-refractivity contribution in [1.29, 1.82) is 0 Å². The van der Waals surface area contributed by atoms with Crippen LogP contribution in [-0.2, 0) is 19.9 Å². The SMILES string of the molecule is CO[C@@](C(=O)N1CCC2(CC1)CC(=O)NCC2c1cccc(C)c1C)(c1ccccc1)C(F)(F)F. The molecule has 2 aliphatic rings. The van der Waals surface area contributed by atoms with Gasteiger partial charge in [0.1, 0.15) is 0 Å². The summed E-state index contributed by atoms with van der Waals surface area (Å²) in [6, 6.07) is 13.2. The van der Waals surface area contributed by atoms with Gasteiger partial charge in [0.25, 0.3) is 11.5 Å². The van der Waals surface area contributed by atoms with Crippen LogP contribution < -0.4 is 5.32 Å². The van der Waals surface area contributed by atoms with E-state index in [1.165, 1.54) is 29.2 Å². The van der Waals surface area contributed by atoms with Gasteiger partial charge < -0.3 is 15.0 Å². The highest BCUT2D eigenvalue weighted by Crippen LogP contribution is 2.51. The van der Waals surface area contributed by atoms with Crippen LogP contribution in [0.2, 0.25) is 0 Å². The van der Waals surface area contributed by atoms with Gasteiger partial charge >= 0.3 is 6.18 Å². The number of methoxy groups -OCH3 is 1. The number of aryl methyl sites for hydroxylation is 1. The number of nitrogens with one attached hydrogen (secondary N) is 1. The number of likely N-dealkylation sites (tertiary alicyclic amines) is 1. The van der Waals surface area contributed by atoms with Gasteiger partial charge in [-0.05, 0) is 48.8 Å². The van der Waals surface area contributed by atoms with E-state index in [0.29, 0.717) is 25.8 Å². The Hall–Kier alpha value is -2.87. The summed E-state index contributed by atoms with van der Waals surface area (Å²) in [5.41, 5.74) is -0.277. The molecule has 0 aliphatic carbocycles. The summed E-state index contributed by atoms with van der Waals surface area (Å²) in [4.78, 5) is 27.2. The summed E-state index contributed by atoms with van der Waals surface area (Å²) in [5.74, 6) is -1.14. The number of benzene rings is 2. The first kappa shape index (κ1) is 25.2. The van der Waals surface area contributed by atoms with Crippen LogP contribution in [0.4, 0.5) is 13.2 Å². The highest BCUT2D eigenvalue weighted by molar-refractivity contribution is 5.88. The van der Waals surface area contributed by atoms with Crippen molar-refractivity contribution < 1.29 is 27.5 Å². The molecule has 0 radical (unpaired) electrons. The number of carbonyl (C=O) groups excluding carboxylic acids is 2. The normalized spacial score (nSPS) is 21.9. The zero-order chi connectivity index (χ0) is 25.4. The lowest BCUT2D eigenvalue weighted by atomic mass is 9.61. The minimum atomic E-state index is -4.94. The van der Waals surface area contributed by atoms with Crippen molar-refractivity contribution in [3.05, 3.63) is 70.8 Å². The van der Waals surface area contributed by atoms with Crippen molar-refractivity contribution >= 4 is 11.8 Å². The summed E-state index contributed by atoms with van der Waals surface area (Å²) in [6.07, 6.45) is -3.77. The molecule has 2 amide bonds. The number of halogens is 3. The van der Waals surface area contributed by atoms with Crippen molar-refractivity contribution in [3.63, 3.8) is 0 Å². The topological polar surface area (TPSA) is 58.6 Å². The first-order valence-corrected chi connectivity index (χ1v) is 11.9. The number of hydrogen-bond donors (Lipinski definition) is 1. The predicted molar refractivity (Wildman–Crippen MR) is 126 cm³/mol. The van der Waals surface area contributed by atoms with Gasteiger partial charge in [-0.2, -0.15) is 13.2 Å². The zero-order valence-electron chi connectivity index (χ0n) is 20.2. The molecule has 2 heterocycles. The van der Waals surface area contributed by atoms with Crippen LogP contribution in [0.1, 0.15) is 47.4 Å². The van der Waals surface area contributed by atoms with E-state index in [1.54, 1.807) is 6.07 Å². The first-order chi connectivity index (χ1) is 16.6. The molecule has 35 heavy (non-hydrogen) atoms. The van der Waals surface area contributed by atoms with Crippen molar-refractivity contribution in [2.75, 3.05) is 26.7 Å². The van der Waals surface area contributed by atoms with E-state index in [9.17, 15) is 22.8 Å². The molecule has 0 saturated carbocycles. The van der Waals surface area contributed by atoms with Gasteiger partial charge in [0, 0.05) is 44.6 Å². The van der Waals surface area contributed by atoms with E-state index in [0.717, 1.165) is 23.8 Å². The molecule has 4 rings (SSSR count). The second kappa shape index (κ2) is 9.30. The third-order valence-corrected chi connectivity index (χ3v) is 8.01. The van der Waals surface area contributed by atoms with Crippen LogP contribution in [0, 0.1) is 19.3 Å². The average molecular weight is 489 g/mol. The molecule has 2 atom stereocenters. The number of ether oxygens (including phenoxy) is 1. The number of carbonyl (C=O) groups is 2. The van der Waals surface area contributed by atoms with E-state index >= 15 is 0 Å². The molecule has 0 aromatic heterocycles. The molecule has 8 heteroatoms.